The van der Waals surface area contributed by atoms with Gasteiger partial charge in [0.05, 0.1) is 27.5 Å². The van der Waals surface area contributed by atoms with Crippen molar-refractivity contribution in [1.82, 2.24) is 4.31 Å². The summed E-state index contributed by atoms with van der Waals surface area (Å²) in [4.78, 5) is 12.7. The molecule has 1 fully saturated rings. The zero-order valence-corrected chi connectivity index (χ0v) is 17.6. The van der Waals surface area contributed by atoms with Gasteiger partial charge < -0.3 is 5.32 Å². The Morgan fingerprint density at radius 3 is 2.23 bits per heavy atom. The second-order valence-electron chi connectivity index (χ2n) is 6.55. The second kappa shape index (κ2) is 8.62. The van der Waals surface area contributed by atoms with E-state index in [2.05, 4.69) is 10.0 Å². The molecule has 2 aromatic carbocycles. The summed E-state index contributed by atoms with van der Waals surface area (Å²) in [6.07, 6.45) is -3.11. The molecule has 0 saturated carbocycles. The third-order valence-corrected chi connectivity index (χ3v) is 6.49. The minimum Gasteiger partial charge on any atom is -0.321 e. The molecule has 1 amide bonds. The van der Waals surface area contributed by atoms with Gasteiger partial charge in [0.2, 0.25) is 0 Å². The van der Waals surface area contributed by atoms with Gasteiger partial charge in [-0.15, -0.1) is 0 Å². The number of benzene rings is 2. The Labute approximate surface area is 181 Å². The van der Waals surface area contributed by atoms with Gasteiger partial charge in [-0.05, 0) is 49.2 Å². The average molecular weight is 482 g/mol. The van der Waals surface area contributed by atoms with E-state index in [9.17, 15) is 26.4 Å². The molecule has 0 aromatic heterocycles. The van der Waals surface area contributed by atoms with Crippen LogP contribution in [0.3, 0.4) is 0 Å². The van der Waals surface area contributed by atoms with Gasteiger partial charge in [-0.3, -0.25) is 9.52 Å². The number of carbonyl (C=O) groups excluding carboxylic acids is 1. The van der Waals surface area contributed by atoms with Gasteiger partial charge >= 0.3 is 16.4 Å². The van der Waals surface area contributed by atoms with Crippen LogP contribution in [0, 0.1) is 0 Å². The van der Waals surface area contributed by atoms with E-state index in [1.165, 1.54) is 22.5 Å². The SMILES string of the molecule is O=C(Nc1ccc(C(F)(F)F)cc1Cl)c1cc(Cl)ccc1NS(=O)(=O)N1CCCC1. The highest BCUT2D eigenvalue weighted by Crippen LogP contribution is 2.34. The van der Waals surface area contributed by atoms with Crippen LogP contribution in [0.2, 0.25) is 10.0 Å². The third-order valence-electron chi connectivity index (χ3n) is 4.41. The van der Waals surface area contributed by atoms with E-state index in [0.717, 1.165) is 25.0 Å². The number of halogens is 5. The molecule has 0 bridgehead atoms. The Bertz CT molecular complexity index is 1070. The van der Waals surface area contributed by atoms with Crippen LogP contribution in [0.5, 0.6) is 0 Å². The van der Waals surface area contributed by atoms with E-state index in [0.29, 0.717) is 19.2 Å². The molecule has 12 heteroatoms. The van der Waals surface area contributed by atoms with Crippen LogP contribution in [0.4, 0.5) is 24.5 Å². The van der Waals surface area contributed by atoms with Crippen LogP contribution in [0.25, 0.3) is 0 Å². The van der Waals surface area contributed by atoms with Gasteiger partial charge in [0.15, 0.2) is 0 Å². The predicted octanol–water partition coefficient (Wildman–Crippen LogP) is 5.02. The van der Waals surface area contributed by atoms with Crippen molar-refractivity contribution in [2.45, 2.75) is 19.0 Å². The molecule has 1 saturated heterocycles. The molecule has 2 N–H and O–H groups in total. The second-order valence-corrected chi connectivity index (χ2v) is 9.06. The maximum absolute atomic E-state index is 12.8. The first-order valence-corrected chi connectivity index (χ1v) is 10.9. The Balaban J connectivity index is 1.87. The fraction of sp³-hybridized carbons (Fsp3) is 0.278. The average Bonchev–Trinajstić information content (AvgIpc) is 3.19. The number of nitrogens with zero attached hydrogens (tertiary/aromatic N) is 1. The Hall–Kier alpha value is -2.01. The molecule has 0 aliphatic carbocycles. The highest BCUT2D eigenvalue weighted by molar-refractivity contribution is 7.90. The summed E-state index contributed by atoms with van der Waals surface area (Å²) in [5.41, 5.74) is -1.16. The quantitative estimate of drug-likeness (QED) is 0.629. The van der Waals surface area contributed by atoms with Crippen molar-refractivity contribution in [2.75, 3.05) is 23.1 Å². The summed E-state index contributed by atoms with van der Waals surface area (Å²) in [5, 5.41) is 2.23. The number of alkyl halides is 3. The van der Waals surface area contributed by atoms with E-state index >= 15 is 0 Å². The Kier molecular flexibility index (Phi) is 6.51. The summed E-state index contributed by atoms with van der Waals surface area (Å²) >= 11 is 11.8. The van der Waals surface area contributed by atoms with Gasteiger partial charge in [0.25, 0.3) is 5.91 Å². The van der Waals surface area contributed by atoms with Crippen LogP contribution in [-0.2, 0) is 16.4 Å². The first-order chi connectivity index (χ1) is 14.0. The van der Waals surface area contributed by atoms with Crippen LogP contribution in [0.1, 0.15) is 28.8 Å². The van der Waals surface area contributed by atoms with Crippen molar-refractivity contribution in [3.63, 3.8) is 0 Å². The number of rotatable bonds is 5. The molecule has 30 heavy (non-hydrogen) atoms. The van der Waals surface area contributed by atoms with E-state index < -0.39 is 27.9 Å². The van der Waals surface area contributed by atoms with Crippen molar-refractivity contribution >= 4 is 50.7 Å². The molecule has 0 unspecified atom stereocenters. The van der Waals surface area contributed by atoms with Gasteiger partial charge in [0.1, 0.15) is 0 Å². The highest BCUT2D eigenvalue weighted by atomic mass is 35.5. The zero-order valence-electron chi connectivity index (χ0n) is 15.3. The molecule has 1 heterocycles. The smallest absolute Gasteiger partial charge is 0.321 e. The zero-order chi connectivity index (χ0) is 22.1. The number of amides is 1. The maximum atomic E-state index is 12.8. The normalized spacial score (nSPS) is 15.2. The van der Waals surface area contributed by atoms with Crippen LogP contribution in [0.15, 0.2) is 36.4 Å². The lowest BCUT2D eigenvalue weighted by atomic mass is 10.1. The number of carbonyl (C=O) groups is 1. The summed E-state index contributed by atoms with van der Waals surface area (Å²) in [6, 6.07) is 6.46. The van der Waals surface area contributed by atoms with E-state index in [1.54, 1.807) is 0 Å². The fourth-order valence-corrected chi connectivity index (χ4v) is 4.63. The molecule has 0 radical (unpaired) electrons. The van der Waals surface area contributed by atoms with Crippen LogP contribution in [-0.4, -0.2) is 31.7 Å². The van der Waals surface area contributed by atoms with Gasteiger partial charge in [-0.1, -0.05) is 23.2 Å². The van der Waals surface area contributed by atoms with Gasteiger partial charge in [-0.25, -0.2) is 0 Å². The number of hydrogen-bond donors (Lipinski definition) is 2. The Morgan fingerprint density at radius 2 is 1.63 bits per heavy atom. The van der Waals surface area contributed by atoms with Gasteiger partial charge in [0, 0.05) is 18.1 Å². The minimum absolute atomic E-state index is 0.0214. The first kappa shape index (κ1) is 22.7. The van der Waals surface area contributed by atoms with Crippen molar-refractivity contribution in [3.05, 3.63) is 57.6 Å². The topological polar surface area (TPSA) is 78.5 Å². The van der Waals surface area contributed by atoms with Crippen LogP contribution >= 0.6 is 23.2 Å². The lowest BCUT2D eigenvalue weighted by Crippen LogP contribution is -2.34. The van der Waals surface area contributed by atoms with Gasteiger partial charge in [-0.2, -0.15) is 25.9 Å². The molecule has 0 atom stereocenters. The van der Waals surface area contributed by atoms with Crippen molar-refractivity contribution in [2.24, 2.45) is 0 Å². The summed E-state index contributed by atoms with van der Waals surface area (Å²) in [5.74, 6) is -0.793. The third kappa shape index (κ3) is 5.18. The molecule has 6 nitrogen and oxygen atoms in total. The maximum Gasteiger partial charge on any atom is 0.416 e. The molecule has 2 aromatic rings. The van der Waals surface area contributed by atoms with Crippen LogP contribution < -0.4 is 10.0 Å². The molecule has 1 aliphatic heterocycles. The lowest BCUT2D eigenvalue weighted by molar-refractivity contribution is -0.137. The fourth-order valence-electron chi connectivity index (χ4n) is 2.91. The van der Waals surface area contributed by atoms with E-state index in [1.807, 2.05) is 0 Å². The number of nitrogens with one attached hydrogen (secondary N) is 2. The van der Waals surface area contributed by atoms with E-state index in [4.69, 9.17) is 23.2 Å². The van der Waals surface area contributed by atoms with Crippen molar-refractivity contribution < 1.29 is 26.4 Å². The molecule has 162 valence electrons. The largest absolute Gasteiger partial charge is 0.416 e. The summed E-state index contributed by atoms with van der Waals surface area (Å²) in [7, 11) is -3.88. The summed E-state index contributed by atoms with van der Waals surface area (Å²) in [6.45, 7) is 0.733. The van der Waals surface area contributed by atoms with Crippen molar-refractivity contribution in [1.29, 1.82) is 0 Å². The number of hydrogen-bond acceptors (Lipinski definition) is 3. The number of anilines is 2. The molecule has 1 aliphatic rings. The Morgan fingerprint density at radius 1 is 1.00 bits per heavy atom. The lowest BCUT2D eigenvalue weighted by Gasteiger charge is -2.19. The molecular formula is C18H16Cl2F3N3O3S. The standard InChI is InChI=1S/C18H16Cl2F3N3O3S/c19-12-4-6-15(25-30(28,29)26-7-1-2-8-26)13(10-12)17(27)24-16-5-3-11(9-14(16)20)18(21,22)23/h3-6,9-10,25H,1-2,7-8H2,(H,24,27). The summed E-state index contributed by atoms with van der Waals surface area (Å²) < 4.78 is 67.0. The monoisotopic (exact) mass is 481 g/mol. The van der Waals surface area contributed by atoms with Crippen molar-refractivity contribution in [3.8, 4) is 0 Å². The van der Waals surface area contributed by atoms with E-state index in [-0.39, 0.29) is 27.0 Å². The predicted molar refractivity (Wildman–Crippen MR) is 109 cm³/mol. The first-order valence-electron chi connectivity index (χ1n) is 8.73. The minimum atomic E-state index is -4.58. The highest BCUT2D eigenvalue weighted by Gasteiger charge is 2.31. The molecule has 3 rings (SSSR count). The molecular weight excluding hydrogens is 466 g/mol. The molecule has 0 spiro atoms.